The van der Waals surface area contributed by atoms with Crippen molar-refractivity contribution in [1.29, 1.82) is 0 Å². The zero-order chi connectivity index (χ0) is 17.2. The lowest BCUT2D eigenvalue weighted by Gasteiger charge is -2.07. The average Bonchev–Trinajstić information content (AvgIpc) is 2.61. The molecule has 0 heterocycles. The van der Waals surface area contributed by atoms with Crippen molar-refractivity contribution in [3.05, 3.63) is 90.0 Å². The zero-order valence-electron chi connectivity index (χ0n) is 13.4. The molecule has 0 aromatic heterocycles. The molecule has 1 amide bonds. The van der Waals surface area contributed by atoms with Gasteiger partial charge in [-0.1, -0.05) is 54.6 Å². The first-order chi connectivity index (χ1) is 11.7. The highest BCUT2D eigenvalue weighted by molar-refractivity contribution is 6.00. The maximum absolute atomic E-state index is 12.1. The van der Waals surface area contributed by atoms with Gasteiger partial charge in [-0.15, -0.1) is 0 Å². The van der Waals surface area contributed by atoms with E-state index in [4.69, 9.17) is 4.74 Å². The van der Waals surface area contributed by atoms with Gasteiger partial charge in [0.25, 0.3) is 0 Å². The molecule has 4 nitrogen and oxygen atoms in total. The minimum atomic E-state index is -0.431. The lowest BCUT2D eigenvalue weighted by atomic mass is 10.2. The Hall–Kier alpha value is -3.14. The van der Waals surface area contributed by atoms with Gasteiger partial charge in [0.2, 0.25) is 5.91 Å². The minimum Gasteiger partial charge on any atom is -0.457 e. The van der Waals surface area contributed by atoms with E-state index < -0.39 is 5.97 Å². The number of amides is 1. The Bertz CT molecular complexity index is 748. The van der Waals surface area contributed by atoms with Crippen molar-refractivity contribution < 1.29 is 14.3 Å². The molecule has 122 valence electrons. The zero-order valence-corrected chi connectivity index (χ0v) is 13.4. The summed E-state index contributed by atoms with van der Waals surface area (Å²) in [5.41, 5.74) is 1.85. The van der Waals surface area contributed by atoms with Gasteiger partial charge in [0.15, 0.2) is 0 Å². The van der Waals surface area contributed by atoms with Gasteiger partial charge in [-0.3, -0.25) is 4.79 Å². The molecular weight excluding hydrogens is 302 g/mol. The fraction of sp³-hybridized carbons (Fsp3) is 0.100. The van der Waals surface area contributed by atoms with Crippen molar-refractivity contribution in [2.75, 3.05) is 5.32 Å². The topological polar surface area (TPSA) is 55.4 Å². The third kappa shape index (κ3) is 5.57. The van der Waals surface area contributed by atoms with Crippen molar-refractivity contribution >= 4 is 17.6 Å². The molecule has 24 heavy (non-hydrogen) atoms. The Morgan fingerprint density at radius 3 is 2.58 bits per heavy atom. The normalized spacial score (nSPS) is 10.9. The molecule has 4 heteroatoms. The van der Waals surface area contributed by atoms with Crippen molar-refractivity contribution in [3.8, 4) is 0 Å². The van der Waals surface area contributed by atoms with E-state index in [-0.39, 0.29) is 12.5 Å². The second kappa shape index (κ2) is 9.10. The number of hydrogen-bond donors (Lipinski definition) is 1. The number of ether oxygens (including phenoxy) is 1. The fourth-order valence-electron chi connectivity index (χ4n) is 1.97. The van der Waals surface area contributed by atoms with E-state index in [1.54, 1.807) is 36.4 Å². The van der Waals surface area contributed by atoms with E-state index in [1.165, 1.54) is 6.08 Å². The summed E-state index contributed by atoms with van der Waals surface area (Å²) < 4.78 is 5.28. The van der Waals surface area contributed by atoms with Crippen LogP contribution in [0.5, 0.6) is 0 Å². The van der Waals surface area contributed by atoms with Crippen molar-refractivity contribution in [2.24, 2.45) is 0 Å². The van der Waals surface area contributed by atoms with Crippen LogP contribution in [0.3, 0.4) is 0 Å². The molecular formula is C20H19NO3. The van der Waals surface area contributed by atoms with Gasteiger partial charge in [-0.25, -0.2) is 4.79 Å². The fourth-order valence-corrected chi connectivity index (χ4v) is 1.97. The molecule has 0 saturated heterocycles. The van der Waals surface area contributed by atoms with Crippen LogP contribution in [0.1, 0.15) is 22.8 Å². The predicted molar refractivity (Wildman–Crippen MR) is 94.6 cm³/mol. The lowest BCUT2D eigenvalue weighted by molar-refractivity contribution is -0.111. The number of esters is 1. The SMILES string of the molecule is C/C=C/C=C/C(=O)Nc1cccc(C(=O)OCc2ccccc2)c1. The van der Waals surface area contributed by atoms with Crippen molar-refractivity contribution in [1.82, 2.24) is 0 Å². The summed E-state index contributed by atoms with van der Waals surface area (Å²) in [5.74, 6) is -0.692. The number of rotatable bonds is 6. The number of benzene rings is 2. The van der Waals surface area contributed by atoms with Crippen LogP contribution in [-0.4, -0.2) is 11.9 Å². The highest BCUT2D eigenvalue weighted by Gasteiger charge is 2.08. The Morgan fingerprint density at radius 1 is 1.04 bits per heavy atom. The van der Waals surface area contributed by atoms with Crippen LogP contribution in [0.15, 0.2) is 78.9 Å². The van der Waals surface area contributed by atoms with Gasteiger partial charge in [0.1, 0.15) is 6.61 Å². The first-order valence-electron chi connectivity index (χ1n) is 7.60. The Kier molecular flexibility index (Phi) is 6.53. The Morgan fingerprint density at radius 2 is 1.83 bits per heavy atom. The van der Waals surface area contributed by atoms with Gasteiger partial charge in [0.05, 0.1) is 5.56 Å². The molecule has 0 aliphatic carbocycles. The lowest BCUT2D eigenvalue weighted by Crippen LogP contribution is -2.10. The van der Waals surface area contributed by atoms with E-state index in [9.17, 15) is 9.59 Å². The molecule has 2 aromatic rings. The van der Waals surface area contributed by atoms with Gasteiger partial charge in [-0.2, -0.15) is 0 Å². The number of allylic oxidation sites excluding steroid dienone is 3. The number of carbonyl (C=O) groups excluding carboxylic acids is 2. The molecule has 0 fully saturated rings. The monoisotopic (exact) mass is 321 g/mol. The second-order valence-corrected chi connectivity index (χ2v) is 5.02. The van der Waals surface area contributed by atoms with E-state index >= 15 is 0 Å². The first kappa shape index (κ1) is 17.2. The Labute approximate surface area is 141 Å². The quantitative estimate of drug-likeness (QED) is 0.495. The largest absolute Gasteiger partial charge is 0.457 e. The number of anilines is 1. The molecule has 1 N–H and O–H groups in total. The molecule has 2 rings (SSSR count). The summed E-state index contributed by atoms with van der Waals surface area (Å²) in [6.07, 6.45) is 6.65. The van der Waals surface area contributed by atoms with Crippen molar-refractivity contribution in [2.45, 2.75) is 13.5 Å². The molecule has 0 unspecified atom stereocenters. The van der Waals surface area contributed by atoms with Gasteiger partial charge in [0, 0.05) is 11.8 Å². The minimum absolute atomic E-state index is 0.211. The Balaban J connectivity index is 1.96. The summed E-state index contributed by atoms with van der Waals surface area (Å²) in [7, 11) is 0. The third-order valence-electron chi connectivity index (χ3n) is 3.13. The van der Waals surface area contributed by atoms with Crippen LogP contribution in [-0.2, 0) is 16.1 Å². The van der Waals surface area contributed by atoms with Crippen LogP contribution in [0, 0.1) is 0 Å². The summed E-state index contributed by atoms with van der Waals surface area (Å²) in [5, 5.41) is 2.70. The van der Waals surface area contributed by atoms with Crippen molar-refractivity contribution in [3.63, 3.8) is 0 Å². The highest BCUT2D eigenvalue weighted by Crippen LogP contribution is 2.13. The van der Waals surface area contributed by atoms with Crippen LogP contribution in [0.25, 0.3) is 0 Å². The summed E-state index contributed by atoms with van der Waals surface area (Å²) in [6, 6.07) is 16.1. The first-order valence-corrected chi connectivity index (χ1v) is 7.60. The second-order valence-electron chi connectivity index (χ2n) is 5.02. The summed E-state index contributed by atoms with van der Waals surface area (Å²) in [4.78, 5) is 23.8. The number of hydrogen-bond acceptors (Lipinski definition) is 3. The molecule has 0 aliphatic heterocycles. The molecule has 0 aliphatic rings. The van der Waals surface area contributed by atoms with Gasteiger partial charge in [-0.05, 0) is 30.7 Å². The van der Waals surface area contributed by atoms with E-state index in [0.29, 0.717) is 11.3 Å². The predicted octanol–water partition coefficient (Wildman–Crippen LogP) is 4.11. The third-order valence-corrected chi connectivity index (χ3v) is 3.13. The van der Waals surface area contributed by atoms with Crippen LogP contribution < -0.4 is 5.32 Å². The molecule has 2 aromatic carbocycles. The maximum atomic E-state index is 12.1. The van der Waals surface area contributed by atoms with Gasteiger partial charge >= 0.3 is 5.97 Å². The number of nitrogens with one attached hydrogen (secondary N) is 1. The summed E-state index contributed by atoms with van der Waals surface area (Å²) >= 11 is 0. The van der Waals surface area contributed by atoms with Gasteiger partial charge < -0.3 is 10.1 Å². The standard InChI is InChI=1S/C20H19NO3/c1-2-3-5-13-19(22)21-18-12-8-11-17(14-18)20(23)24-15-16-9-6-4-7-10-16/h2-14H,15H2,1H3,(H,21,22)/b3-2+,13-5+. The van der Waals surface area contributed by atoms with Crippen LogP contribution >= 0.6 is 0 Å². The highest BCUT2D eigenvalue weighted by atomic mass is 16.5. The molecule has 0 saturated carbocycles. The summed E-state index contributed by atoms with van der Waals surface area (Å²) in [6.45, 7) is 2.08. The molecule has 0 radical (unpaired) electrons. The smallest absolute Gasteiger partial charge is 0.338 e. The van der Waals surface area contributed by atoms with E-state index in [1.807, 2.05) is 43.3 Å². The molecule has 0 bridgehead atoms. The number of carbonyl (C=O) groups is 2. The van der Waals surface area contributed by atoms with Crippen LogP contribution in [0.2, 0.25) is 0 Å². The molecule has 0 spiro atoms. The average molecular weight is 321 g/mol. The van der Waals surface area contributed by atoms with E-state index in [0.717, 1.165) is 5.56 Å². The maximum Gasteiger partial charge on any atom is 0.338 e. The van der Waals surface area contributed by atoms with Crippen LogP contribution in [0.4, 0.5) is 5.69 Å². The molecule has 0 atom stereocenters. The van der Waals surface area contributed by atoms with E-state index in [2.05, 4.69) is 5.32 Å².